The lowest BCUT2D eigenvalue weighted by Crippen LogP contribution is -2.50. The van der Waals surface area contributed by atoms with Crippen molar-refractivity contribution in [3.8, 4) is 0 Å². The van der Waals surface area contributed by atoms with Crippen LogP contribution in [0.1, 0.15) is 35.7 Å². The molecule has 2 fully saturated rings. The molecule has 0 atom stereocenters. The van der Waals surface area contributed by atoms with Crippen molar-refractivity contribution >= 4 is 24.4 Å². The summed E-state index contributed by atoms with van der Waals surface area (Å²) in [5.74, 6) is 0.760. The molecule has 2 aliphatic rings. The minimum atomic E-state index is -0.288. The summed E-state index contributed by atoms with van der Waals surface area (Å²) in [6.45, 7) is 6.52. The number of nitrogens with zero attached hydrogens (tertiary/aromatic N) is 2. The lowest BCUT2D eigenvalue weighted by Gasteiger charge is -2.34. The highest BCUT2D eigenvalue weighted by Gasteiger charge is 2.25. The quantitative estimate of drug-likeness (QED) is 0.851. The van der Waals surface area contributed by atoms with Gasteiger partial charge < -0.3 is 19.9 Å². The van der Waals surface area contributed by atoms with Gasteiger partial charge in [-0.15, -0.1) is 12.4 Å². The largest absolute Gasteiger partial charge is 0.450 e. The Kier molecular flexibility index (Phi) is 8.38. The third kappa shape index (κ3) is 5.84. The summed E-state index contributed by atoms with van der Waals surface area (Å²) < 4.78 is 5.03. The van der Waals surface area contributed by atoms with Crippen LogP contribution in [-0.2, 0) is 11.2 Å². The summed E-state index contributed by atoms with van der Waals surface area (Å²) in [5, 5.41) is 3.39. The number of halogens is 1. The normalized spacial score (nSPS) is 18.0. The monoisotopic (exact) mass is 395 g/mol. The molecular weight excluding hydrogens is 366 g/mol. The van der Waals surface area contributed by atoms with Crippen LogP contribution in [0.15, 0.2) is 24.3 Å². The Bertz CT molecular complexity index is 627. The minimum absolute atomic E-state index is 0. The molecule has 1 aromatic rings. The van der Waals surface area contributed by atoms with Crippen LogP contribution in [0.2, 0.25) is 0 Å². The number of hydrogen-bond acceptors (Lipinski definition) is 4. The van der Waals surface area contributed by atoms with Crippen LogP contribution < -0.4 is 5.32 Å². The number of hydrogen-bond donors (Lipinski definition) is 1. The molecule has 150 valence electrons. The molecule has 0 bridgehead atoms. The van der Waals surface area contributed by atoms with Crippen molar-refractivity contribution in [2.45, 2.75) is 26.2 Å². The molecular formula is C20H30ClN3O3. The Morgan fingerprint density at radius 3 is 2.44 bits per heavy atom. The van der Waals surface area contributed by atoms with Crippen LogP contribution in [0, 0.1) is 5.92 Å². The van der Waals surface area contributed by atoms with Gasteiger partial charge in [0, 0.05) is 31.7 Å². The molecule has 0 spiro atoms. The molecule has 2 heterocycles. The number of nitrogens with one attached hydrogen (secondary N) is 1. The van der Waals surface area contributed by atoms with E-state index in [1.54, 1.807) is 11.8 Å². The minimum Gasteiger partial charge on any atom is -0.450 e. The zero-order chi connectivity index (χ0) is 18.4. The second-order valence-corrected chi connectivity index (χ2v) is 7.08. The van der Waals surface area contributed by atoms with E-state index >= 15 is 0 Å². The third-order valence-corrected chi connectivity index (χ3v) is 5.25. The maximum Gasteiger partial charge on any atom is 0.409 e. The molecule has 1 aromatic carbocycles. The Morgan fingerprint density at radius 1 is 1.11 bits per heavy atom. The molecule has 6 nitrogen and oxygen atoms in total. The summed E-state index contributed by atoms with van der Waals surface area (Å²) in [4.78, 5) is 28.1. The Hall–Kier alpha value is -1.79. The van der Waals surface area contributed by atoms with Crippen molar-refractivity contribution in [3.63, 3.8) is 0 Å². The van der Waals surface area contributed by atoms with Crippen LogP contribution in [0.5, 0.6) is 0 Å². The van der Waals surface area contributed by atoms with Crippen LogP contribution in [0.4, 0.5) is 4.79 Å². The summed E-state index contributed by atoms with van der Waals surface area (Å²) in [5.41, 5.74) is 1.99. The SMILES string of the molecule is CCOC(=O)N1CCN(C(=O)c2cccc(CC3CCNCC3)c2)CC1.Cl. The molecule has 1 N–H and O–H groups in total. The smallest absolute Gasteiger partial charge is 0.409 e. The van der Waals surface area contributed by atoms with E-state index in [4.69, 9.17) is 4.74 Å². The average Bonchev–Trinajstić information content (AvgIpc) is 2.69. The van der Waals surface area contributed by atoms with E-state index in [1.165, 1.54) is 18.4 Å². The molecule has 2 aliphatic heterocycles. The first-order chi connectivity index (χ1) is 12.7. The Balaban J connectivity index is 0.00000261. The van der Waals surface area contributed by atoms with Gasteiger partial charge in [-0.3, -0.25) is 4.79 Å². The second kappa shape index (κ2) is 10.5. The molecule has 7 heteroatoms. The van der Waals surface area contributed by atoms with E-state index in [-0.39, 0.29) is 24.4 Å². The fourth-order valence-corrected chi connectivity index (χ4v) is 3.74. The maximum absolute atomic E-state index is 12.8. The van der Waals surface area contributed by atoms with Crippen LogP contribution in [-0.4, -0.2) is 67.7 Å². The van der Waals surface area contributed by atoms with Gasteiger partial charge in [0.05, 0.1) is 6.61 Å². The van der Waals surface area contributed by atoms with Crippen molar-refractivity contribution in [2.75, 3.05) is 45.9 Å². The highest BCUT2D eigenvalue weighted by atomic mass is 35.5. The number of carbonyl (C=O) groups excluding carboxylic acids is 2. The lowest BCUT2D eigenvalue weighted by atomic mass is 9.90. The number of piperidine rings is 1. The fourth-order valence-electron chi connectivity index (χ4n) is 3.74. The van der Waals surface area contributed by atoms with Gasteiger partial charge in [0.1, 0.15) is 0 Å². The van der Waals surface area contributed by atoms with Gasteiger partial charge in [0.2, 0.25) is 0 Å². The molecule has 0 aliphatic carbocycles. The summed E-state index contributed by atoms with van der Waals surface area (Å²) in [6.07, 6.45) is 3.16. The molecule has 0 aromatic heterocycles. The highest BCUT2D eigenvalue weighted by Crippen LogP contribution is 2.19. The van der Waals surface area contributed by atoms with E-state index in [0.717, 1.165) is 25.1 Å². The molecule has 0 saturated carbocycles. The predicted molar refractivity (Wildman–Crippen MR) is 107 cm³/mol. The maximum atomic E-state index is 12.8. The zero-order valence-corrected chi connectivity index (χ0v) is 16.8. The molecule has 27 heavy (non-hydrogen) atoms. The standard InChI is InChI=1S/C20H29N3O3.ClH/c1-2-26-20(25)23-12-10-22(11-13-23)19(24)18-5-3-4-17(15-18)14-16-6-8-21-9-7-16;/h3-5,15-16,21H,2,6-14H2,1H3;1H. The van der Waals surface area contributed by atoms with Gasteiger partial charge in [-0.25, -0.2) is 4.79 Å². The summed E-state index contributed by atoms with van der Waals surface area (Å²) in [7, 11) is 0. The van der Waals surface area contributed by atoms with Crippen molar-refractivity contribution < 1.29 is 14.3 Å². The van der Waals surface area contributed by atoms with Crippen molar-refractivity contribution in [1.82, 2.24) is 15.1 Å². The number of benzene rings is 1. The van der Waals surface area contributed by atoms with Crippen LogP contribution in [0.25, 0.3) is 0 Å². The third-order valence-electron chi connectivity index (χ3n) is 5.25. The van der Waals surface area contributed by atoms with E-state index < -0.39 is 0 Å². The number of amides is 2. The van der Waals surface area contributed by atoms with Crippen molar-refractivity contribution in [1.29, 1.82) is 0 Å². The number of carbonyl (C=O) groups is 2. The second-order valence-electron chi connectivity index (χ2n) is 7.08. The fraction of sp³-hybridized carbons (Fsp3) is 0.600. The molecule has 3 rings (SSSR count). The number of ether oxygens (including phenoxy) is 1. The van der Waals surface area contributed by atoms with Gasteiger partial charge in [-0.1, -0.05) is 12.1 Å². The zero-order valence-electron chi connectivity index (χ0n) is 16.0. The molecule has 0 radical (unpaired) electrons. The first kappa shape index (κ1) is 21.5. The summed E-state index contributed by atoms with van der Waals surface area (Å²) >= 11 is 0. The Labute approximate surface area is 167 Å². The van der Waals surface area contributed by atoms with Gasteiger partial charge in [-0.2, -0.15) is 0 Å². The Morgan fingerprint density at radius 2 is 1.78 bits per heavy atom. The number of rotatable bonds is 4. The van der Waals surface area contributed by atoms with Gasteiger partial charge in [0.25, 0.3) is 5.91 Å². The topological polar surface area (TPSA) is 61.9 Å². The average molecular weight is 396 g/mol. The summed E-state index contributed by atoms with van der Waals surface area (Å²) in [6, 6.07) is 8.05. The van der Waals surface area contributed by atoms with Gasteiger partial charge >= 0.3 is 6.09 Å². The molecule has 0 unspecified atom stereocenters. The highest BCUT2D eigenvalue weighted by molar-refractivity contribution is 5.94. The first-order valence-electron chi connectivity index (χ1n) is 9.68. The molecule has 2 saturated heterocycles. The lowest BCUT2D eigenvalue weighted by molar-refractivity contribution is 0.0570. The van der Waals surface area contributed by atoms with E-state index in [1.807, 2.05) is 23.1 Å². The van der Waals surface area contributed by atoms with Crippen molar-refractivity contribution in [2.24, 2.45) is 5.92 Å². The van der Waals surface area contributed by atoms with E-state index in [0.29, 0.717) is 38.7 Å². The van der Waals surface area contributed by atoms with Crippen LogP contribution in [0.3, 0.4) is 0 Å². The van der Waals surface area contributed by atoms with E-state index in [2.05, 4.69) is 11.4 Å². The number of piperazine rings is 1. The van der Waals surface area contributed by atoms with Crippen molar-refractivity contribution in [3.05, 3.63) is 35.4 Å². The van der Waals surface area contributed by atoms with Gasteiger partial charge in [-0.05, 0) is 62.9 Å². The predicted octanol–water partition coefficient (Wildman–Crippen LogP) is 2.56. The van der Waals surface area contributed by atoms with Crippen LogP contribution >= 0.6 is 12.4 Å². The molecule has 2 amide bonds. The first-order valence-corrected chi connectivity index (χ1v) is 9.68. The van der Waals surface area contributed by atoms with Gasteiger partial charge in [0.15, 0.2) is 0 Å². The van der Waals surface area contributed by atoms with E-state index in [9.17, 15) is 9.59 Å².